The number of benzene rings is 2. The van der Waals surface area contributed by atoms with E-state index in [4.69, 9.17) is 0 Å². The predicted octanol–water partition coefficient (Wildman–Crippen LogP) is 4.60. The molecule has 0 spiro atoms. The zero-order valence-electron chi connectivity index (χ0n) is 11.6. The van der Waals surface area contributed by atoms with Crippen molar-refractivity contribution in [3.63, 3.8) is 0 Å². The lowest BCUT2D eigenvalue weighted by Crippen LogP contribution is -2.31. The summed E-state index contributed by atoms with van der Waals surface area (Å²) in [5, 5.41) is 5.00. The Morgan fingerprint density at radius 2 is 1.71 bits per heavy atom. The van der Waals surface area contributed by atoms with Gasteiger partial charge in [-0.3, -0.25) is 4.79 Å². The van der Waals surface area contributed by atoms with Crippen LogP contribution in [-0.2, 0) is 4.79 Å². The Balaban J connectivity index is 1.69. The van der Waals surface area contributed by atoms with E-state index >= 15 is 0 Å². The van der Waals surface area contributed by atoms with Crippen molar-refractivity contribution in [1.29, 1.82) is 0 Å². The second kappa shape index (κ2) is 5.43. The van der Waals surface area contributed by atoms with E-state index < -0.39 is 5.92 Å². The zero-order valence-corrected chi connectivity index (χ0v) is 11.6. The summed E-state index contributed by atoms with van der Waals surface area (Å²) >= 11 is 0. The highest BCUT2D eigenvalue weighted by molar-refractivity contribution is 5.95. The average molecular weight is 289 g/mol. The SMILES string of the molecule is O=C(Nc1ccc2ccccc2c1)C1CCC(F)(F)CC1. The summed E-state index contributed by atoms with van der Waals surface area (Å²) in [5.41, 5.74) is 0.719. The van der Waals surface area contributed by atoms with Crippen molar-refractivity contribution in [3.8, 4) is 0 Å². The van der Waals surface area contributed by atoms with Crippen molar-refractivity contribution in [1.82, 2.24) is 0 Å². The summed E-state index contributed by atoms with van der Waals surface area (Å²) in [6.45, 7) is 0. The maximum atomic E-state index is 13.1. The van der Waals surface area contributed by atoms with Crippen LogP contribution >= 0.6 is 0 Å². The van der Waals surface area contributed by atoms with E-state index in [1.165, 1.54) is 0 Å². The fraction of sp³-hybridized carbons (Fsp3) is 0.353. The molecule has 0 atom stereocenters. The summed E-state index contributed by atoms with van der Waals surface area (Å²) in [4.78, 5) is 12.2. The topological polar surface area (TPSA) is 29.1 Å². The van der Waals surface area contributed by atoms with Gasteiger partial charge < -0.3 is 5.32 Å². The van der Waals surface area contributed by atoms with Gasteiger partial charge in [0, 0.05) is 24.4 Å². The highest BCUT2D eigenvalue weighted by Crippen LogP contribution is 2.36. The fourth-order valence-corrected chi connectivity index (χ4v) is 2.81. The van der Waals surface area contributed by atoms with E-state index in [0.717, 1.165) is 16.5 Å². The van der Waals surface area contributed by atoms with E-state index in [-0.39, 0.29) is 37.5 Å². The molecule has 4 heteroatoms. The van der Waals surface area contributed by atoms with Crippen molar-refractivity contribution < 1.29 is 13.6 Å². The smallest absolute Gasteiger partial charge is 0.248 e. The van der Waals surface area contributed by atoms with Crippen LogP contribution in [0.15, 0.2) is 42.5 Å². The molecular weight excluding hydrogens is 272 g/mol. The first kappa shape index (κ1) is 14.0. The van der Waals surface area contributed by atoms with Gasteiger partial charge in [-0.1, -0.05) is 30.3 Å². The average Bonchev–Trinajstić information content (AvgIpc) is 2.47. The summed E-state index contributed by atoms with van der Waals surface area (Å²) in [5.74, 6) is -3.06. The number of amides is 1. The van der Waals surface area contributed by atoms with Crippen molar-refractivity contribution in [2.45, 2.75) is 31.6 Å². The Bertz CT molecular complexity index is 659. The van der Waals surface area contributed by atoms with Crippen LogP contribution in [0.5, 0.6) is 0 Å². The first-order valence-electron chi connectivity index (χ1n) is 7.21. The largest absolute Gasteiger partial charge is 0.326 e. The van der Waals surface area contributed by atoms with Gasteiger partial charge >= 0.3 is 0 Å². The number of anilines is 1. The molecule has 0 aliphatic heterocycles. The number of hydrogen-bond acceptors (Lipinski definition) is 1. The molecule has 3 rings (SSSR count). The van der Waals surface area contributed by atoms with Crippen LogP contribution in [0.1, 0.15) is 25.7 Å². The molecule has 0 heterocycles. The van der Waals surface area contributed by atoms with Gasteiger partial charge in [0.05, 0.1) is 0 Å². The summed E-state index contributed by atoms with van der Waals surface area (Å²) in [7, 11) is 0. The second-order valence-electron chi connectivity index (χ2n) is 5.68. The molecule has 1 aliphatic carbocycles. The lowest BCUT2D eigenvalue weighted by molar-refractivity contribution is -0.124. The van der Waals surface area contributed by atoms with Crippen LogP contribution in [0, 0.1) is 5.92 Å². The highest BCUT2D eigenvalue weighted by Gasteiger charge is 2.37. The Morgan fingerprint density at radius 1 is 1.05 bits per heavy atom. The van der Waals surface area contributed by atoms with E-state index in [2.05, 4.69) is 5.32 Å². The maximum Gasteiger partial charge on any atom is 0.248 e. The number of halogens is 2. The van der Waals surface area contributed by atoms with Crippen LogP contribution < -0.4 is 5.32 Å². The van der Waals surface area contributed by atoms with Gasteiger partial charge in [-0.15, -0.1) is 0 Å². The molecule has 2 aromatic rings. The van der Waals surface area contributed by atoms with Gasteiger partial charge in [0.15, 0.2) is 0 Å². The molecule has 0 unspecified atom stereocenters. The molecule has 0 aromatic heterocycles. The Morgan fingerprint density at radius 3 is 2.43 bits per heavy atom. The molecule has 0 radical (unpaired) electrons. The molecule has 1 amide bonds. The first-order valence-corrected chi connectivity index (χ1v) is 7.21. The van der Waals surface area contributed by atoms with Crippen LogP contribution in [0.4, 0.5) is 14.5 Å². The van der Waals surface area contributed by atoms with Crippen molar-refractivity contribution in [2.75, 3.05) is 5.32 Å². The van der Waals surface area contributed by atoms with E-state index in [0.29, 0.717) is 0 Å². The third kappa shape index (κ3) is 3.20. The standard InChI is InChI=1S/C17H17F2NO/c18-17(19)9-7-13(8-10-17)16(21)20-15-6-5-12-3-1-2-4-14(12)11-15/h1-6,11,13H,7-10H2,(H,20,21). The second-order valence-corrected chi connectivity index (χ2v) is 5.68. The third-order valence-corrected chi connectivity index (χ3v) is 4.10. The first-order chi connectivity index (χ1) is 10.0. The third-order valence-electron chi connectivity index (χ3n) is 4.10. The number of nitrogens with one attached hydrogen (secondary N) is 1. The van der Waals surface area contributed by atoms with Crippen molar-refractivity contribution >= 4 is 22.4 Å². The number of carbonyl (C=O) groups is 1. The number of fused-ring (bicyclic) bond motifs is 1. The highest BCUT2D eigenvalue weighted by atomic mass is 19.3. The van der Waals surface area contributed by atoms with Gasteiger partial charge in [0.2, 0.25) is 11.8 Å². The number of hydrogen-bond donors (Lipinski definition) is 1. The van der Waals surface area contributed by atoms with Crippen molar-refractivity contribution in [2.24, 2.45) is 5.92 Å². The lowest BCUT2D eigenvalue weighted by Gasteiger charge is -2.27. The van der Waals surface area contributed by atoms with Gasteiger partial charge in [-0.2, -0.15) is 0 Å². The molecule has 2 aromatic carbocycles. The van der Waals surface area contributed by atoms with Crippen molar-refractivity contribution in [3.05, 3.63) is 42.5 Å². The van der Waals surface area contributed by atoms with Gasteiger partial charge in [-0.25, -0.2) is 8.78 Å². The molecule has 2 nitrogen and oxygen atoms in total. The van der Waals surface area contributed by atoms with Gasteiger partial charge in [0.1, 0.15) is 0 Å². The predicted molar refractivity (Wildman–Crippen MR) is 79.5 cm³/mol. The number of carbonyl (C=O) groups excluding carboxylic acids is 1. The Labute approximate surface area is 122 Å². The van der Waals surface area contributed by atoms with E-state index in [9.17, 15) is 13.6 Å². The minimum absolute atomic E-state index is 0.152. The minimum Gasteiger partial charge on any atom is -0.326 e. The number of alkyl halides is 2. The zero-order chi connectivity index (χ0) is 14.9. The molecule has 110 valence electrons. The molecule has 1 fully saturated rings. The van der Waals surface area contributed by atoms with Crippen LogP contribution in [0.25, 0.3) is 10.8 Å². The van der Waals surface area contributed by atoms with Gasteiger partial charge in [0.25, 0.3) is 0 Å². The van der Waals surface area contributed by atoms with Crippen LogP contribution in [-0.4, -0.2) is 11.8 Å². The Hall–Kier alpha value is -1.97. The van der Waals surface area contributed by atoms with Crippen LogP contribution in [0.2, 0.25) is 0 Å². The normalized spacial score (nSPS) is 18.6. The van der Waals surface area contributed by atoms with Crippen LogP contribution in [0.3, 0.4) is 0 Å². The minimum atomic E-state index is -2.60. The fourth-order valence-electron chi connectivity index (χ4n) is 2.81. The molecule has 1 saturated carbocycles. The molecule has 21 heavy (non-hydrogen) atoms. The monoisotopic (exact) mass is 289 g/mol. The van der Waals surface area contributed by atoms with E-state index in [1.807, 2.05) is 42.5 Å². The summed E-state index contributed by atoms with van der Waals surface area (Å²) in [6.07, 6.45) is 0.129. The van der Waals surface area contributed by atoms with Gasteiger partial charge in [-0.05, 0) is 35.7 Å². The lowest BCUT2D eigenvalue weighted by atomic mass is 9.86. The number of rotatable bonds is 2. The maximum absolute atomic E-state index is 13.1. The molecule has 1 N–H and O–H groups in total. The molecule has 0 bridgehead atoms. The molecule has 0 saturated heterocycles. The molecule has 1 aliphatic rings. The Kier molecular flexibility index (Phi) is 3.62. The molecular formula is C17H17F2NO. The quantitative estimate of drug-likeness (QED) is 0.859. The summed E-state index contributed by atoms with van der Waals surface area (Å²) < 4.78 is 26.2. The van der Waals surface area contributed by atoms with E-state index in [1.54, 1.807) is 0 Å². The summed E-state index contributed by atoms with van der Waals surface area (Å²) in [6, 6.07) is 13.6.